The van der Waals surface area contributed by atoms with E-state index in [1.807, 2.05) is 20.8 Å². The first-order chi connectivity index (χ1) is 11.3. The Hall–Kier alpha value is -1.75. The van der Waals surface area contributed by atoms with E-state index in [2.05, 4.69) is 46.7 Å². The number of amides is 1. The van der Waals surface area contributed by atoms with Crippen LogP contribution in [0, 0.1) is 0 Å². The summed E-state index contributed by atoms with van der Waals surface area (Å²) >= 11 is 0. The minimum Gasteiger partial charge on any atom is -0.444 e. The van der Waals surface area contributed by atoms with Crippen LogP contribution in [0.2, 0.25) is 0 Å². The molecule has 1 heterocycles. The molecule has 2 rings (SSSR count). The molecular formula is C19H31N3O2. The van der Waals surface area contributed by atoms with Crippen molar-refractivity contribution < 1.29 is 9.53 Å². The van der Waals surface area contributed by atoms with E-state index < -0.39 is 5.60 Å². The Balaban J connectivity index is 1.77. The number of anilines is 1. The SMILES string of the molecule is C[C@@H]1CN(c2cccc(CCCNC(=O)OC(C)(C)C)c2)CCN1. The Bertz CT molecular complexity index is 540. The average molecular weight is 333 g/mol. The molecule has 1 aliphatic heterocycles. The molecule has 5 nitrogen and oxygen atoms in total. The van der Waals surface area contributed by atoms with E-state index in [9.17, 15) is 4.79 Å². The molecule has 0 aliphatic carbocycles. The molecule has 1 aromatic rings. The quantitative estimate of drug-likeness (QED) is 0.814. The third-order valence-electron chi connectivity index (χ3n) is 3.95. The molecule has 0 unspecified atom stereocenters. The summed E-state index contributed by atoms with van der Waals surface area (Å²) in [5, 5.41) is 6.28. The summed E-state index contributed by atoms with van der Waals surface area (Å²) in [6.07, 6.45) is 1.51. The van der Waals surface area contributed by atoms with Crippen LogP contribution in [0.4, 0.5) is 10.5 Å². The zero-order valence-electron chi connectivity index (χ0n) is 15.4. The van der Waals surface area contributed by atoms with E-state index in [4.69, 9.17) is 4.74 Å². The van der Waals surface area contributed by atoms with Gasteiger partial charge in [0.25, 0.3) is 0 Å². The van der Waals surface area contributed by atoms with Gasteiger partial charge in [-0.15, -0.1) is 0 Å². The fourth-order valence-corrected chi connectivity index (χ4v) is 2.87. The molecule has 1 amide bonds. The summed E-state index contributed by atoms with van der Waals surface area (Å²) in [6, 6.07) is 9.26. The van der Waals surface area contributed by atoms with Gasteiger partial charge in [0.05, 0.1) is 0 Å². The minimum atomic E-state index is -0.446. The summed E-state index contributed by atoms with van der Waals surface area (Å²) in [5.41, 5.74) is 2.16. The van der Waals surface area contributed by atoms with Gasteiger partial charge in [-0.3, -0.25) is 0 Å². The number of carbonyl (C=O) groups is 1. The molecule has 1 saturated heterocycles. The maximum Gasteiger partial charge on any atom is 0.407 e. The van der Waals surface area contributed by atoms with Gasteiger partial charge >= 0.3 is 6.09 Å². The van der Waals surface area contributed by atoms with Gasteiger partial charge in [-0.05, 0) is 58.2 Å². The number of nitrogens with zero attached hydrogens (tertiary/aromatic N) is 1. The summed E-state index contributed by atoms with van der Waals surface area (Å²) in [5.74, 6) is 0. The van der Waals surface area contributed by atoms with Crippen LogP contribution in [0.3, 0.4) is 0 Å². The molecule has 134 valence electrons. The van der Waals surface area contributed by atoms with Crippen molar-refractivity contribution in [1.29, 1.82) is 0 Å². The highest BCUT2D eigenvalue weighted by Gasteiger charge is 2.16. The zero-order chi connectivity index (χ0) is 17.6. The number of carbonyl (C=O) groups excluding carboxylic acids is 1. The highest BCUT2D eigenvalue weighted by atomic mass is 16.6. The van der Waals surface area contributed by atoms with Crippen LogP contribution in [0.5, 0.6) is 0 Å². The van der Waals surface area contributed by atoms with Gasteiger partial charge in [-0.1, -0.05) is 12.1 Å². The molecule has 0 bridgehead atoms. The Labute approximate surface area is 145 Å². The highest BCUT2D eigenvalue weighted by molar-refractivity contribution is 5.67. The second-order valence-electron chi connectivity index (χ2n) is 7.50. The lowest BCUT2D eigenvalue weighted by Crippen LogP contribution is -2.49. The first kappa shape index (κ1) is 18.6. The molecule has 1 aliphatic rings. The Morgan fingerprint density at radius 1 is 1.42 bits per heavy atom. The van der Waals surface area contributed by atoms with Crippen molar-refractivity contribution in [3.63, 3.8) is 0 Å². The molecule has 0 aromatic heterocycles. The number of hydrogen-bond acceptors (Lipinski definition) is 4. The van der Waals surface area contributed by atoms with Gasteiger partial charge in [0, 0.05) is 37.9 Å². The fraction of sp³-hybridized carbons (Fsp3) is 0.632. The van der Waals surface area contributed by atoms with Crippen molar-refractivity contribution in [2.75, 3.05) is 31.1 Å². The lowest BCUT2D eigenvalue weighted by molar-refractivity contribution is 0.0527. The fourth-order valence-electron chi connectivity index (χ4n) is 2.87. The minimum absolute atomic E-state index is 0.342. The van der Waals surface area contributed by atoms with E-state index in [1.54, 1.807) is 0 Å². The van der Waals surface area contributed by atoms with Crippen LogP contribution in [-0.2, 0) is 11.2 Å². The van der Waals surface area contributed by atoms with Gasteiger partial charge in [0.1, 0.15) is 5.60 Å². The van der Waals surface area contributed by atoms with E-state index in [-0.39, 0.29) is 6.09 Å². The largest absolute Gasteiger partial charge is 0.444 e. The molecule has 1 atom stereocenters. The van der Waals surface area contributed by atoms with Crippen molar-refractivity contribution in [3.05, 3.63) is 29.8 Å². The van der Waals surface area contributed by atoms with Gasteiger partial charge in [-0.25, -0.2) is 4.79 Å². The van der Waals surface area contributed by atoms with Crippen LogP contribution in [0.25, 0.3) is 0 Å². The van der Waals surface area contributed by atoms with Crippen molar-refractivity contribution in [1.82, 2.24) is 10.6 Å². The van der Waals surface area contributed by atoms with E-state index in [1.165, 1.54) is 11.3 Å². The number of ether oxygens (including phenoxy) is 1. The van der Waals surface area contributed by atoms with Gasteiger partial charge in [0.15, 0.2) is 0 Å². The topological polar surface area (TPSA) is 53.6 Å². The first-order valence-electron chi connectivity index (χ1n) is 8.87. The van der Waals surface area contributed by atoms with E-state index in [0.29, 0.717) is 12.6 Å². The van der Waals surface area contributed by atoms with E-state index >= 15 is 0 Å². The average Bonchev–Trinajstić information content (AvgIpc) is 2.50. The molecule has 1 fully saturated rings. The zero-order valence-corrected chi connectivity index (χ0v) is 15.4. The molecule has 24 heavy (non-hydrogen) atoms. The van der Waals surface area contributed by atoms with Crippen molar-refractivity contribution >= 4 is 11.8 Å². The first-order valence-corrected chi connectivity index (χ1v) is 8.87. The lowest BCUT2D eigenvalue weighted by Gasteiger charge is -2.33. The summed E-state index contributed by atoms with van der Waals surface area (Å²) < 4.78 is 5.24. The van der Waals surface area contributed by atoms with E-state index in [0.717, 1.165) is 32.5 Å². The standard InChI is InChI=1S/C19H31N3O2/c1-15-14-22(12-11-20-15)17-9-5-7-16(13-17)8-6-10-21-18(23)24-19(2,3)4/h5,7,9,13,15,20H,6,8,10-12,14H2,1-4H3,(H,21,23)/t15-/m1/s1. The number of rotatable bonds is 5. The Kier molecular flexibility index (Phi) is 6.49. The summed E-state index contributed by atoms with van der Waals surface area (Å²) in [7, 11) is 0. The van der Waals surface area contributed by atoms with Crippen LogP contribution in [-0.4, -0.2) is 43.9 Å². The number of alkyl carbamates (subject to hydrolysis) is 1. The Morgan fingerprint density at radius 2 is 2.21 bits per heavy atom. The summed E-state index contributed by atoms with van der Waals surface area (Å²) in [4.78, 5) is 14.0. The number of hydrogen-bond donors (Lipinski definition) is 2. The normalized spacial score (nSPS) is 18.3. The number of piperazine rings is 1. The maximum absolute atomic E-state index is 11.6. The van der Waals surface area contributed by atoms with Crippen LogP contribution in [0.15, 0.2) is 24.3 Å². The summed E-state index contributed by atoms with van der Waals surface area (Å²) in [6.45, 7) is 11.6. The van der Waals surface area contributed by atoms with Crippen molar-refractivity contribution in [2.45, 2.75) is 52.2 Å². The predicted molar refractivity (Wildman–Crippen MR) is 98.7 cm³/mol. The number of aryl methyl sites for hydroxylation is 1. The highest BCUT2D eigenvalue weighted by Crippen LogP contribution is 2.18. The molecule has 0 radical (unpaired) electrons. The maximum atomic E-state index is 11.6. The van der Waals surface area contributed by atoms with Crippen molar-refractivity contribution in [3.8, 4) is 0 Å². The molecular weight excluding hydrogens is 302 g/mol. The predicted octanol–water partition coefficient (Wildman–Crippen LogP) is 2.94. The van der Waals surface area contributed by atoms with Gasteiger partial charge < -0.3 is 20.3 Å². The van der Waals surface area contributed by atoms with Crippen LogP contribution in [0.1, 0.15) is 39.7 Å². The monoisotopic (exact) mass is 333 g/mol. The smallest absolute Gasteiger partial charge is 0.407 e. The molecule has 1 aromatic carbocycles. The van der Waals surface area contributed by atoms with Crippen molar-refractivity contribution in [2.24, 2.45) is 0 Å². The second kappa shape index (κ2) is 8.38. The van der Waals surface area contributed by atoms with Gasteiger partial charge in [0.2, 0.25) is 0 Å². The van der Waals surface area contributed by atoms with Crippen LogP contribution >= 0.6 is 0 Å². The second-order valence-corrected chi connectivity index (χ2v) is 7.50. The number of benzene rings is 1. The molecule has 2 N–H and O–H groups in total. The third kappa shape index (κ3) is 6.40. The molecule has 0 spiro atoms. The Morgan fingerprint density at radius 3 is 2.92 bits per heavy atom. The van der Waals surface area contributed by atoms with Crippen LogP contribution < -0.4 is 15.5 Å². The molecule has 0 saturated carbocycles. The third-order valence-corrected chi connectivity index (χ3v) is 3.95. The lowest BCUT2D eigenvalue weighted by atomic mass is 10.1. The molecule has 5 heteroatoms. The number of nitrogens with one attached hydrogen (secondary N) is 2. The van der Waals surface area contributed by atoms with Gasteiger partial charge in [-0.2, -0.15) is 0 Å².